The van der Waals surface area contributed by atoms with Crippen LogP contribution in [0.4, 0.5) is 0 Å². The first-order chi connectivity index (χ1) is 11.8. The molecular formula is C20H20N2O2. The van der Waals surface area contributed by atoms with Crippen LogP contribution in [-0.4, -0.2) is 30.0 Å². The first-order valence-electron chi connectivity index (χ1n) is 8.23. The van der Waals surface area contributed by atoms with E-state index in [9.17, 15) is 4.79 Å². The van der Waals surface area contributed by atoms with Crippen LogP contribution in [0.3, 0.4) is 0 Å². The molecule has 3 rings (SSSR count). The standard InChI is InChI=1S/C20H20N2O2/c21-14-17-9-4-5-11-19(17)24-15-20(23)22-12-6-10-18(22)13-16-7-2-1-3-8-16/h1-5,7-9,11,18H,6,10,12-13,15H2. The third-order valence-electron chi connectivity index (χ3n) is 4.37. The Kier molecular flexibility index (Phi) is 5.12. The number of para-hydroxylation sites is 1. The molecule has 24 heavy (non-hydrogen) atoms. The van der Waals surface area contributed by atoms with Crippen LogP contribution < -0.4 is 4.74 Å². The highest BCUT2D eigenvalue weighted by Gasteiger charge is 2.29. The van der Waals surface area contributed by atoms with Crippen molar-refractivity contribution in [1.29, 1.82) is 5.26 Å². The highest BCUT2D eigenvalue weighted by Crippen LogP contribution is 2.22. The number of hydrogen-bond donors (Lipinski definition) is 0. The molecule has 1 saturated heterocycles. The minimum Gasteiger partial charge on any atom is -0.482 e. The van der Waals surface area contributed by atoms with Gasteiger partial charge in [-0.3, -0.25) is 4.79 Å². The molecule has 0 spiro atoms. The maximum Gasteiger partial charge on any atom is 0.260 e. The quantitative estimate of drug-likeness (QED) is 0.850. The van der Waals surface area contributed by atoms with Crippen LogP contribution in [0.1, 0.15) is 24.0 Å². The predicted molar refractivity (Wildman–Crippen MR) is 91.5 cm³/mol. The molecule has 1 atom stereocenters. The monoisotopic (exact) mass is 320 g/mol. The van der Waals surface area contributed by atoms with Crippen molar-refractivity contribution in [1.82, 2.24) is 4.90 Å². The molecule has 0 saturated carbocycles. The maximum absolute atomic E-state index is 12.5. The van der Waals surface area contributed by atoms with Gasteiger partial charge < -0.3 is 9.64 Å². The second-order valence-electron chi connectivity index (χ2n) is 5.97. The topological polar surface area (TPSA) is 53.3 Å². The van der Waals surface area contributed by atoms with E-state index in [1.807, 2.05) is 23.1 Å². The maximum atomic E-state index is 12.5. The van der Waals surface area contributed by atoms with Gasteiger partial charge in [0.2, 0.25) is 0 Å². The molecule has 1 heterocycles. The van der Waals surface area contributed by atoms with Gasteiger partial charge in [0, 0.05) is 12.6 Å². The number of rotatable bonds is 5. The number of likely N-dealkylation sites (tertiary alicyclic amines) is 1. The molecule has 2 aromatic carbocycles. The Hall–Kier alpha value is -2.80. The Morgan fingerprint density at radius 1 is 1.17 bits per heavy atom. The zero-order valence-electron chi connectivity index (χ0n) is 13.5. The number of carbonyl (C=O) groups excluding carboxylic acids is 1. The molecule has 1 unspecified atom stereocenters. The highest BCUT2D eigenvalue weighted by molar-refractivity contribution is 5.78. The van der Waals surface area contributed by atoms with Gasteiger partial charge in [0.1, 0.15) is 11.8 Å². The van der Waals surface area contributed by atoms with E-state index in [-0.39, 0.29) is 18.6 Å². The van der Waals surface area contributed by atoms with Gasteiger partial charge in [0.25, 0.3) is 5.91 Å². The number of carbonyl (C=O) groups is 1. The Morgan fingerprint density at radius 2 is 1.92 bits per heavy atom. The van der Waals surface area contributed by atoms with Crippen molar-refractivity contribution < 1.29 is 9.53 Å². The Bertz CT molecular complexity index is 737. The van der Waals surface area contributed by atoms with Gasteiger partial charge in [0.05, 0.1) is 5.56 Å². The lowest BCUT2D eigenvalue weighted by Gasteiger charge is -2.25. The fourth-order valence-corrected chi connectivity index (χ4v) is 3.17. The van der Waals surface area contributed by atoms with Crippen LogP contribution in [0.5, 0.6) is 5.75 Å². The Balaban J connectivity index is 1.60. The second-order valence-corrected chi connectivity index (χ2v) is 5.97. The van der Waals surface area contributed by atoms with Crippen molar-refractivity contribution in [2.24, 2.45) is 0 Å². The average molecular weight is 320 g/mol. The number of hydrogen-bond acceptors (Lipinski definition) is 3. The summed E-state index contributed by atoms with van der Waals surface area (Å²) in [6.45, 7) is 0.754. The van der Waals surface area contributed by atoms with E-state index in [0.29, 0.717) is 11.3 Å². The Morgan fingerprint density at radius 3 is 2.71 bits per heavy atom. The first kappa shape index (κ1) is 16.1. The van der Waals surface area contributed by atoms with E-state index in [0.717, 1.165) is 25.8 Å². The molecule has 1 fully saturated rings. The summed E-state index contributed by atoms with van der Waals surface area (Å²) in [6, 6.07) is 19.6. The summed E-state index contributed by atoms with van der Waals surface area (Å²) in [5, 5.41) is 9.08. The van der Waals surface area contributed by atoms with Gasteiger partial charge in [-0.2, -0.15) is 5.26 Å². The number of nitriles is 1. The third-order valence-corrected chi connectivity index (χ3v) is 4.37. The van der Waals surface area contributed by atoms with Crippen molar-refractivity contribution in [2.75, 3.05) is 13.2 Å². The van der Waals surface area contributed by atoms with Crippen molar-refractivity contribution in [3.05, 3.63) is 65.7 Å². The predicted octanol–water partition coefficient (Wildman–Crippen LogP) is 3.17. The molecule has 0 bridgehead atoms. The van der Waals surface area contributed by atoms with Crippen molar-refractivity contribution in [3.63, 3.8) is 0 Å². The summed E-state index contributed by atoms with van der Waals surface area (Å²) < 4.78 is 5.59. The van der Waals surface area contributed by atoms with Crippen LogP contribution in [0.2, 0.25) is 0 Å². The molecule has 1 aliphatic heterocycles. The van der Waals surface area contributed by atoms with E-state index in [1.165, 1.54) is 5.56 Å². The molecule has 0 aliphatic carbocycles. The summed E-state index contributed by atoms with van der Waals surface area (Å²) in [7, 11) is 0. The summed E-state index contributed by atoms with van der Waals surface area (Å²) in [6.07, 6.45) is 2.93. The molecule has 0 aromatic heterocycles. The lowest BCUT2D eigenvalue weighted by atomic mass is 10.0. The van der Waals surface area contributed by atoms with Crippen LogP contribution >= 0.6 is 0 Å². The lowest BCUT2D eigenvalue weighted by Crippen LogP contribution is -2.39. The number of ether oxygens (including phenoxy) is 1. The zero-order chi connectivity index (χ0) is 16.8. The van der Waals surface area contributed by atoms with Crippen LogP contribution in [-0.2, 0) is 11.2 Å². The average Bonchev–Trinajstić information content (AvgIpc) is 3.09. The lowest BCUT2D eigenvalue weighted by molar-refractivity contribution is -0.134. The van der Waals surface area contributed by atoms with Gasteiger partial charge in [0.15, 0.2) is 6.61 Å². The minimum atomic E-state index is -0.0238. The molecule has 2 aromatic rings. The molecule has 1 amide bonds. The number of amides is 1. The third kappa shape index (κ3) is 3.75. The van der Waals surface area contributed by atoms with Crippen LogP contribution in [0.25, 0.3) is 0 Å². The summed E-state index contributed by atoms with van der Waals surface area (Å²) >= 11 is 0. The van der Waals surface area contributed by atoms with Gasteiger partial charge in [-0.25, -0.2) is 0 Å². The van der Waals surface area contributed by atoms with E-state index in [1.54, 1.807) is 24.3 Å². The van der Waals surface area contributed by atoms with Gasteiger partial charge in [-0.1, -0.05) is 42.5 Å². The molecular weight excluding hydrogens is 300 g/mol. The molecule has 0 radical (unpaired) electrons. The van der Waals surface area contributed by atoms with E-state index < -0.39 is 0 Å². The molecule has 1 aliphatic rings. The number of nitrogens with zero attached hydrogens (tertiary/aromatic N) is 2. The fourth-order valence-electron chi connectivity index (χ4n) is 3.17. The smallest absolute Gasteiger partial charge is 0.260 e. The normalized spacial score (nSPS) is 16.6. The van der Waals surface area contributed by atoms with Gasteiger partial charge >= 0.3 is 0 Å². The zero-order valence-corrected chi connectivity index (χ0v) is 13.5. The van der Waals surface area contributed by atoms with Crippen molar-refractivity contribution in [2.45, 2.75) is 25.3 Å². The fraction of sp³-hybridized carbons (Fsp3) is 0.300. The van der Waals surface area contributed by atoms with Crippen molar-refractivity contribution in [3.8, 4) is 11.8 Å². The van der Waals surface area contributed by atoms with Crippen LogP contribution in [0, 0.1) is 11.3 Å². The number of benzene rings is 2. The summed E-state index contributed by atoms with van der Waals surface area (Å²) in [5.41, 5.74) is 1.70. The Labute approximate surface area is 142 Å². The molecule has 122 valence electrons. The molecule has 0 N–H and O–H groups in total. The molecule has 4 nitrogen and oxygen atoms in total. The first-order valence-corrected chi connectivity index (χ1v) is 8.23. The van der Waals surface area contributed by atoms with E-state index in [4.69, 9.17) is 10.00 Å². The largest absolute Gasteiger partial charge is 0.482 e. The van der Waals surface area contributed by atoms with E-state index in [2.05, 4.69) is 18.2 Å². The molecule has 4 heteroatoms. The van der Waals surface area contributed by atoms with Gasteiger partial charge in [-0.15, -0.1) is 0 Å². The van der Waals surface area contributed by atoms with Gasteiger partial charge in [-0.05, 0) is 37.0 Å². The second kappa shape index (κ2) is 7.65. The highest BCUT2D eigenvalue weighted by atomic mass is 16.5. The van der Waals surface area contributed by atoms with Crippen molar-refractivity contribution >= 4 is 5.91 Å². The minimum absolute atomic E-state index is 0.0128. The SMILES string of the molecule is N#Cc1ccccc1OCC(=O)N1CCCC1Cc1ccccc1. The summed E-state index contributed by atoms with van der Waals surface area (Å²) in [5.74, 6) is 0.452. The summed E-state index contributed by atoms with van der Waals surface area (Å²) in [4.78, 5) is 14.5. The van der Waals surface area contributed by atoms with E-state index >= 15 is 0 Å². The van der Waals surface area contributed by atoms with Crippen LogP contribution in [0.15, 0.2) is 54.6 Å².